The molecule has 28 heavy (non-hydrogen) atoms. The van der Waals surface area contributed by atoms with Gasteiger partial charge in [-0.15, -0.1) is 0 Å². The first kappa shape index (κ1) is 18.8. The fourth-order valence-electron chi connectivity index (χ4n) is 2.54. The Hall–Kier alpha value is -3.94. The van der Waals surface area contributed by atoms with Gasteiger partial charge in [-0.2, -0.15) is 0 Å². The van der Waals surface area contributed by atoms with Gasteiger partial charge in [0.05, 0.1) is 11.4 Å². The van der Waals surface area contributed by atoms with Crippen molar-refractivity contribution in [2.24, 2.45) is 0 Å². The number of carbonyl (C=O) groups is 2. The van der Waals surface area contributed by atoms with Gasteiger partial charge in [0.15, 0.2) is 11.6 Å². The third kappa shape index (κ3) is 4.24. The molecule has 3 aromatic rings. The van der Waals surface area contributed by atoms with E-state index in [4.69, 9.17) is 10.8 Å². The molecule has 0 radical (unpaired) electrons. The van der Waals surface area contributed by atoms with Gasteiger partial charge in [-0.1, -0.05) is 12.1 Å². The SMILES string of the molecule is Nc1ccc(-c2ccc(F)c(F)c2)cc1NC(=O)c1ccc(NC(=O)O)cc1. The average Bonchev–Trinajstić information content (AvgIpc) is 2.66. The number of nitrogens with two attached hydrogens (primary N) is 1. The number of carboxylic acid groups (broad SMARTS) is 1. The molecule has 0 fully saturated rings. The molecule has 8 heteroatoms. The van der Waals surface area contributed by atoms with Crippen molar-refractivity contribution in [1.29, 1.82) is 0 Å². The van der Waals surface area contributed by atoms with Gasteiger partial charge in [-0.3, -0.25) is 10.1 Å². The lowest BCUT2D eigenvalue weighted by atomic mass is 10.0. The van der Waals surface area contributed by atoms with Crippen molar-refractivity contribution in [1.82, 2.24) is 0 Å². The molecule has 142 valence electrons. The molecule has 5 N–H and O–H groups in total. The first-order chi connectivity index (χ1) is 13.3. The van der Waals surface area contributed by atoms with Crippen molar-refractivity contribution < 1.29 is 23.5 Å². The molecule has 3 rings (SSSR count). The molecule has 2 amide bonds. The maximum Gasteiger partial charge on any atom is 0.409 e. The van der Waals surface area contributed by atoms with E-state index < -0.39 is 23.6 Å². The predicted molar refractivity (Wildman–Crippen MR) is 102 cm³/mol. The van der Waals surface area contributed by atoms with Gasteiger partial charge in [0, 0.05) is 11.3 Å². The van der Waals surface area contributed by atoms with Crippen molar-refractivity contribution in [2.45, 2.75) is 0 Å². The lowest BCUT2D eigenvalue weighted by Crippen LogP contribution is -2.13. The highest BCUT2D eigenvalue weighted by Gasteiger charge is 2.11. The number of hydrogen-bond donors (Lipinski definition) is 4. The first-order valence-electron chi connectivity index (χ1n) is 8.10. The van der Waals surface area contributed by atoms with Gasteiger partial charge >= 0.3 is 6.09 Å². The van der Waals surface area contributed by atoms with Gasteiger partial charge in [0.2, 0.25) is 0 Å². The molecular formula is C20H15F2N3O3. The monoisotopic (exact) mass is 383 g/mol. The highest BCUT2D eigenvalue weighted by molar-refractivity contribution is 6.06. The summed E-state index contributed by atoms with van der Waals surface area (Å²) in [4.78, 5) is 23.0. The van der Waals surface area contributed by atoms with Crippen LogP contribution in [-0.2, 0) is 0 Å². The highest BCUT2D eigenvalue weighted by Crippen LogP contribution is 2.28. The van der Waals surface area contributed by atoms with E-state index in [1.165, 1.54) is 30.3 Å². The molecule has 6 nitrogen and oxygen atoms in total. The number of nitrogen functional groups attached to an aromatic ring is 1. The zero-order valence-electron chi connectivity index (χ0n) is 14.4. The molecule has 0 saturated heterocycles. The third-order valence-electron chi connectivity index (χ3n) is 3.95. The van der Waals surface area contributed by atoms with Crippen LogP contribution in [0.4, 0.5) is 30.6 Å². The molecule has 0 unspecified atom stereocenters. The zero-order valence-corrected chi connectivity index (χ0v) is 14.4. The first-order valence-corrected chi connectivity index (χ1v) is 8.10. The molecule has 0 aliphatic rings. The number of hydrogen-bond acceptors (Lipinski definition) is 3. The van der Waals surface area contributed by atoms with E-state index in [-0.39, 0.29) is 5.56 Å². The molecule has 0 saturated carbocycles. The van der Waals surface area contributed by atoms with Gasteiger partial charge in [0.25, 0.3) is 5.91 Å². The minimum atomic E-state index is -1.21. The lowest BCUT2D eigenvalue weighted by Gasteiger charge is -2.11. The van der Waals surface area contributed by atoms with Crippen molar-refractivity contribution in [3.63, 3.8) is 0 Å². The van der Waals surface area contributed by atoms with Crippen LogP contribution in [0.5, 0.6) is 0 Å². The summed E-state index contributed by atoms with van der Waals surface area (Å²) in [5.41, 5.74) is 8.09. The van der Waals surface area contributed by atoms with Crippen molar-refractivity contribution in [3.8, 4) is 11.1 Å². The fraction of sp³-hybridized carbons (Fsp3) is 0. The van der Waals surface area contributed by atoms with E-state index in [0.717, 1.165) is 12.1 Å². The standard InChI is InChI=1S/C20H15F2N3O3/c21-15-7-3-12(9-16(15)22)13-4-8-17(23)18(10-13)25-19(26)11-1-5-14(6-2-11)24-20(27)28/h1-10,24H,23H2,(H,25,26)(H,27,28). The maximum absolute atomic E-state index is 13.5. The summed E-state index contributed by atoms with van der Waals surface area (Å²) in [6, 6.07) is 14.0. The number of rotatable bonds is 4. The number of halogens is 2. The molecule has 0 aromatic heterocycles. The molecular weight excluding hydrogens is 368 g/mol. The second kappa shape index (κ2) is 7.75. The number of benzene rings is 3. The van der Waals surface area contributed by atoms with E-state index in [9.17, 15) is 18.4 Å². The predicted octanol–water partition coefficient (Wildman–Crippen LogP) is 4.56. The molecule has 0 heterocycles. The Bertz CT molecular complexity index is 1050. The minimum absolute atomic E-state index is 0.286. The summed E-state index contributed by atoms with van der Waals surface area (Å²) in [7, 11) is 0. The quantitative estimate of drug-likeness (QED) is 0.496. The van der Waals surface area contributed by atoms with Gasteiger partial charge < -0.3 is 16.2 Å². The molecule has 0 bridgehead atoms. The number of carbonyl (C=O) groups excluding carboxylic acids is 1. The number of nitrogens with one attached hydrogen (secondary N) is 2. The van der Waals surface area contributed by atoms with Crippen LogP contribution >= 0.6 is 0 Å². The fourth-order valence-corrected chi connectivity index (χ4v) is 2.54. The Morgan fingerprint density at radius 1 is 0.821 bits per heavy atom. The Balaban J connectivity index is 1.82. The summed E-state index contributed by atoms with van der Waals surface area (Å²) in [6.07, 6.45) is -1.21. The second-order valence-corrected chi connectivity index (χ2v) is 5.89. The molecule has 0 aliphatic carbocycles. The third-order valence-corrected chi connectivity index (χ3v) is 3.95. The average molecular weight is 383 g/mol. The second-order valence-electron chi connectivity index (χ2n) is 5.89. The Morgan fingerprint density at radius 2 is 1.46 bits per heavy atom. The Kier molecular flexibility index (Phi) is 5.21. The molecule has 3 aromatic carbocycles. The maximum atomic E-state index is 13.5. The van der Waals surface area contributed by atoms with Crippen LogP contribution in [0.1, 0.15) is 10.4 Å². The summed E-state index contributed by atoms with van der Waals surface area (Å²) < 4.78 is 26.6. The van der Waals surface area contributed by atoms with Crippen LogP contribution in [-0.4, -0.2) is 17.1 Å². The van der Waals surface area contributed by atoms with Gasteiger partial charge in [-0.25, -0.2) is 13.6 Å². The van der Waals surface area contributed by atoms with E-state index in [1.807, 2.05) is 0 Å². The zero-order chi connectivity index (χ0) is 20.3. The summed E-state index contributed by atoms with van der Waals surface area (Å²) in [6.45, 7) is 0. The Labute approximate surface area is 158 Å². The minimum Gasteiger partial charge on any atom is -0.465 e. The molecule has 0 spiro atoms. The summed E-state index contributed by atoms with van der Waals surface area (Å²) in [5.74, 6) is -2.39. The summed E-state index contributed by atoms with van der Waals surface area (Å²) in [5, 5.41) is 13.5. The van der Waals surface area contributed by atoms with Crippen LogP contribution < -0.4 is 16.4 Å². The molecule has 0 aliphatic heterocycles. The number of amides is 2. The highest BCUT2D eigenvalue weighted by atomic mass is 19.2. The van der Waals surface area contributed by atoms with Crippen molar-refractivity contribution >= 4 is 29.1 Å². The smallest absolute Gasteiger partial charge is 0.409 e. The topological polar surface area (TPSA) is 104 Å². The normalized spacial score (nSPS) is 10.4. The van der Waals surface area contributed by atoms with Crippen molar-refractivity contribution in [3.05, 3.63) is 77.9 Å². The van der Waals surface area contributed by atoms with Gasteiger partial charge in [-0.05, 0) is 59.7 Å². The van der Waals surface area contributed by atoms with E-state index in [0.29, 0.717) is 28.2 Å². The van der Waals surface area contributed by atoms with Crippen LogP contribution in [0.3, 0.4) is 0 Å². The summed E-state index contributed by atoms with van der Waals surface area (Å²) >= 11 is 0. The van der Waals surface area contributed by atoms with Crippen LogP contribution in [0.25, 0.3) is 11.1 Å². The van der Waals surface area contributed by atoms with Crippen LogP contribution in [0, 0.1) is 11.6 Å². The van der Waals surface area contributed by atoms with Gasteiger partial charge in [0.1, 0.15) is 0 Å². The lowest BCUT2D eigenvalue weighted by molar-refractivity contribution is 0.102. The van der Waals surface area contributed by atoms with E-state index >= 15 is 0 Å². The van der Waals surface area contributed by atoms with Crippen LogP contribution in [0.15, 0.2) is 60.7 Å². The van der Waals surface area contributed by atoms with E-state index in [2.05, 4.69) is 10.6 Å². The van der Waals surface area contributed by atoms with E-state index in [1.54, 1.807) is 18.2 Å². The van der Waals surface area contributed by atoms with Crippen LogP contribution in [0.2, 0.25) is 0 Å². The van der Waals surface area contributed by atoms with Crippen molar-refractivity contribution in [2.75, 3.05) is 16.4 Å². The Morgan fingerprint density at radius 3 is 2.11 bits per heavy atom. The molecule has 0 atom stereocenters. The largest absolute Gasteiger partial charge is 0.465 e. The number of anilines is 3.